The fourth-order valence-electron chi connectivity index (χ4n) is 1.89. The van der Waals surface area contributed by atoms with E-state index in [4.69, 9.17) is 4.74 Å². The minimum Gasteiger partial charge on any atom is -0.372 e. The van der Waals surface area contributed by atoms with Crippen molar-refractivity contribution >= 4 is 0 Å². The van der Waals surface area contributed by atoms with Crippen LogP contribution in [-0.4, -0.2) is 18.7 Å². The molecule has 0 aliphatic rings. The Bertz CT molecular complexity index is 286. The van der Waals surface area contributed by atoms with Crippen LogP contribution in [0.1, 0.15) is 39.2 Å². The van der Waals surface area contributed by atoms with Gasteiger partial charge in [-0.25, -0.2) is 0 Å². The van der Waals surface area contributed by atoms with Gasteiger partial charge >= 0.3 is 0 Å². The van der Waals surface area contributed by atoms with Gasteiger partial charge in [0.15, 0.2) is 0 Å². The third-order valence-corrected chi connectivity index (χ3v) is 3.02. The Morgan fingerprint density at radius 3 is 2.47 bits per heavy atom. The lowest BCUT2D eigenvalue weighted by atomic mass is 10.1. The molecule has 0 aliphatic heterocycles. The summed E-state index contributed by atoms with van der Waals surface area (Å²) in [6.07, 6.45) is 2.53. The normalized spacial score (nSPS) is 14.5. The van der Waals surface area contributed by atoms with Crippen molar-refractivity contribution in [2.75, 3.05) is 6.54 Å². The highest BCUT2D eigenvalue weighted by Crippen LogP contribution is 2.08. The summed E-state index contributed by atoms with van der Waals surface area (Å²) < 4.78 is 5.92. The number of nitrogens with one attached hydrogen (secondary N) is 1. The van der Waals surface area contributed by atoms with Crippen LogP contribution in [0.15, 0.2) is 30.3 Å². The van der Waals surface area contributed by atoms with E-state index in [1.54, 1.807) is 0 Å². The molecule has 96 valence electrons. The number of hydrogen-bond donors (Lipinski definition) is 1. The number of hydrogen-bond acceptors (Lipinski definition) is 2. The van der Waals surface area contributed by atoms with Gasteiger partial charge in [-0.05, 0) is 31.9 Å². The molecule has 0 aromatic heterocycles. The molecule has 17 heavy (non-hydrogen) atoms. The van der Waals surface area contributed by atoms with Crippen LogP contribution in [0.4, 0.5) is 0 Å². The summed E-state index contributed by atoms with van der Waals surface area (Å²) in [4.78, 5) is 0. The molecule has 1 aromatic rings. The Balaban J connectivity index is 2.34. The first-order valence-electron chi connectivity index (χ1n) is 6.66. The molecule has 2 nitrogen and oxygen atoms in total. The Hall–Kier alpha value is -0.860. The van der Waals surface area contributed by atoms with Crippen LogP contribution in [0.2, 0.25) is 0 Å². The third kappa shape index (κ3) is 5.33. The van der Waals surface area contributed by atoms with E-state index in [1.807, 2.05) is 6.07 Å². The summed E-state index contributed by atoms with van der Waals surface area (Å²) in [5.41, 5.74) is 1.24. The average molecular weight is 235 g/mol. The summed E-state index contributed by atoms with van der Waals surface area (Å²) in [5, 5.41) is 3.53. The van der Waals surface area contributed by atoms with Crippen LogP contribution in [-0.2, 0) is 11.3 Å². The summed E-state index contributed by atoms with van der Waals surface area (Å²) in [6, 6.07) is 10.8. The van der Waals surface area contributed by atoms with E-state index in [0.29, 0.717) is 12.6 Å². The van der Waals surface area contributed by atoms with Crippen molar-refractivity contribution in [1.29, 1.82) is 0 Å². The lowest BCUT2D eigenvalue weighted by molar-refractivity contribution is 0.0261. The molecule has 0 saturated heterocycles. The Morgan fingerprint density at radius 1 is 1.18 bits per heavy atom. The molecule has 1 aromatic carbocycles. The number of ether oxygens (including phenoxy) is 1. The predicted octanol–water partition coefficient (Wildman–Crippen LogP) is 3.37. The number of benzene rings is 1. The zero-order valence-corrected chi connectivity index (χ0v) is 11.3. The average Bonchev–Trinajstić information content (AvgIpc) is 2.38. The quantitative estimate of drug-likeness (QED) is 0.746. The van der Waals surface area contributed by atoms with Crippen molar-refractivity contribution in [1.82, 2.24) is 5.32 Å². The zero-order chi connectivity index (χ0) is 12.5. The second kappa shape index (κ2) is 8.26. The van der Waals surface area contributed by atoms with E-state index in [9.17, 15) is 0 Å². The molecule has 0 aliphatic carbocycles. The van der Waals surface area contributed by atoms with Gasteiger partial charge in [0.2, 0.25) is 0 Å². The summed E-state index contributed by atoms with van der Waals surface area (Å²) in [7, 11) is 0. The first-order chi connectivity index (χ1) is 8.27. The maximum atomic E-state index is 5.92. The SMILES string of the molecule is CCCNC(CC)C(C)OCc1ccccc1. The molecule has 2 atom stereocenters. The maximum Gasteiger partial charge on any atom is 0.0721 e. The minimum absolute atomic E-state index is 0.256. The van der Waals surface area contributed by atoms with Gasteiger partial charge in [-0.15, -0.1) is 0 Å². The molecule has 0 fully saturated rings. The highest BCUT2D eigenvalue weighted by Gasteiger charge is 2.14. The number of rotatable bonds is 8. The maximum absolute atomic E-state index is 5.92. The van der Waals surface area contributed by atoms with Crippen LogP contribution in [0.25, 0.3) is 0 Å². The Morgan fingerprint density at radius 2 is 1.88 bits per heavy atom. The van der Waals surface area contributed by atoms with Gasteiger partial charge < -0.3 is 10.1 Å². The summed E-state index contributed by atoms with van der Waals surface area (Å²) >= 11 is 0. The van der Waals surface area contributed by atoms with Crippen LogP contribution >= 0.6 is 0 Å². The van der Waals surface area contributed by atoms with E-state index in [0.717, 1.165) is 13.0 Å². The summed E-state index contributed by atoms with van der Waals surface area (Å²) in [5.74, 6) is 0. The van der Waals surface area contributed by atoms with Gasteiger partial charge in [0.1, 0.15) is 0 Å². The third-order valence-electron chi connectivity index (χ3n) is 3.02. The van der Waals surface area contributed by atoms with E-state index < -0.39 is 0 Å². The molecule has 0 amide bonds. The molecule has 2 unspecified atom stereocenters. The molecule has 0 radical (unpaired) electrons. The van der Waals surface area contributed by atoms with Gasteiger partial charge in [-0.3, -0.25) is 0 Å². The first kappa shape index (κ1) is 14.2. The first-order valence-corrected chi connectivity index (χ1v) is 6.66. The standard InChI is InChI=1S/C15H25NO/c1-4-11-16-15(5-2)13(3)17-12-14-9-7-6-8-10-14/h6-10,13,15-16H,4-5,11-12H2,1-3H3. The van der Waals surface area contributed by atoms with Gasteiger partial charge in [-0.1, -0.05) is 44.2 Å². The van der Waals surface area contributed by atoms with Crippen molar-refractivity contribution in [3.8, 4) is 0 Å². The van der Waals surface area contributed by atoms with Crippen molar-refractivity contribution in [3.63, 3.8) is 0 Å². The van der Waals surface area contributed by atoms with Crippen LogP contribution in [0, 0.1) is 0 Å². The molecule has 0 bridgehead atoms. The minimum atomic E-state index is 0.256. The molecular formula is C15H25NO. The topological polar surface area (TPSA) is 21.3 Å². The van der Waals surface area contributed by atoms with Crippen LogP contribution < -0.4 is 5.32 Å². The van der Waals surface area contributed by atoms with Gasteiger partial charge in [0, 0.05) is 6.04 Å². The molecule has 0 saturated carbocycles. The second-order valence-corrected chi connectivity index (χ2v) is 4.47. The largest absolute Gasteiger partial charge is 0.372 e. The lowest BCUT2D eigenvalue weighted by Crippen LogP contribution is -2.39. The zero-order valence-electron chi connectivity index (χ0n) is 11.3. The molecule has 2 heteroatoms. The molecule has 0 spiro atoms. The molecule has 1 rings (SSSR count). The lowest BCUT2D eigenvalue weighted by Gasteiger charge is -2.24. The highest BCUT2D eigenvalue weighted by atomic mass is 16.5. The van der Waals surface area contributed by atoms with Gasteiger partial charge in [-0.2, -0.15) is 0 Å². The smallest absolute Gasteiger partial charge is 0.0721 e. The van der Waals surface area contributed by atoms with Crippen molar-refractivity contribution in [2.45, 2.75) is 52.4 Å². The van der Waals surface area contributed by atoms with Gasteiger partial charge in [0.25, 0.3) is 0 Å². The Kier molecular flexibility index (Phi) is 6.90. The second-order valence-electron chi connectivity index (χ2n) is 4.47. The monoisotopic (exact) mass is 235 g/mol. The van der Waals surface area contributed by atoms with Crippen molar-refractivity contribution in [3.05, 3.63) is 35.9 Å². The molecule has 1 N–H and O–H groups in total. The van der Waals surface area contributed by atoms with Crippen molar-refractivity contribution < 1.29 is 4.74 Å². The predicted molar refractivity (Wildman–Crippen MR) is 73.1 cm³/mol. The summed E-state index contributed by atoms with van der Waals surface area (Å²) in [6.45, 7) is 8.31. The van der Waals surface area contributed by atoms with E-state index in [-0.39, 0.29) is 6.10 Å². The highest BCUT2D eigenvalue weighted by molar-refractivity contribution is 5.13. The Labute approximate surface area is 105 Å². The fraction of sp³-hybridized carbons (Fsp3) is 0.600. The molecule has 0 heterocycles. The van der Waals surface area contributed by atoms with E-state index in [1.165, 1.54) is 12.0 Å². The molecular weight excluding hydrogens is 210 g/mol. The van der Waals surface area contributed by atoms with Crippen molar-refractivity contribution in [2.24, 2.45) is 0 Å². The van der Waals surface area contributed by atoms with Gasteiger partial charge in [0.05, 0.1) is 12.7 Å². The fourth-order valence-corrected chi connectivity index (χ4v) is 1.89. The van der Waals surface area contributed by atoms with E-state index in [2.05, 4.69) is 50.4 Å². The van der Waals surface area contributed by atoms with E-state index >= 15 is 0 Å². The van der Waals surface area contributed by atoms with Crippen LogP contribution in [0.5, 0.6) is 0 Å². The van der Waals surface area contributed by atoms with Crippen LogP contribution in [0.3, 0.4) is 0 Å².